The Labute approximate surface area is 118 Å². The molecule has 0 N–H and O–H groups in total. The molecule has 0 bridgehead atoms. The lowest BCUT2D eigenvalue weighted by Crippen LogP contribution is -2.50. The van der Waals surface area contributed by atoms with Crippen LogP contribution in [0.25, 0.3) is 0 Å². The van der Waals surface area contributed by atoms with Gasteiger partial charge in [-0.05, 0) is 37.0 Å². The summed E-state index contributed by atoms with van der Waals surface area (Å²) in [6.45, 7) is 10.7. The molecular weight excluding hydrogens is 236 g/mol. The maximum absolute atomic E-state index is 12.5. The van der Waals surface area contributed by atoms with Gasteiger partial charge in [0, 0.05) is 26.2 Å². The van der Waals surface area contributed by atoms with Crippen LogP contribution < -0.4 is 0 Å². The van der Waals surface area contributed by atoms with Crippen LogP contribution in [-0.4, -0.2) is 42.0 Å². The maximum atomic E-state index is 12.5. The molecule has 0 atom stereocenters. The Bertz CT molecular complexity index is 294. The van der Waals surface area contributed by atoms with Crippen LogP contribution in [0.1, 0.15) is 59.3 Å². The van der Waals surface area contributed by atoms with Crippen LogP contribution in [0, 0.1) is 11.3 Å². The van der Waals surface area contributed by atoms with Crippen LogP contribution in [-0.2, 0) is 0 Å². The summed E-state index contributed by atoms with van der Waals surface area (Å²) in [6, 6.07) is 0.299. The third-order valence-corrected chi connectivity index (χ3v) is 5.65. The predicted octanol–water partition coefficient (Wildman–Crippen LogP) is 3.74. The Morgan fingerprint density at radius 1 is 1.00 bits per heavy atom. The summed E-state index contributed by atoms with van der Waals surface area (Å²) in [7, 11) is 0. The first-order valence-corrected chi connectivity index (χ1v) is 8.14. The lowest BCUT2D eigenvalue weighted by atomic mass is 9.74. The molecule has 3 heteroatoms. The Kier molecular flexibility index (Phi) is 4.75. The van der Waals surface area contributed by atoms with E-state index in [0.717, 1.165) is 32.1 Å². The fraction of sp³-hybridized carbons (Fsp3) is 0.938. The summed E-state index contributed by atoms with van der Waals surface area (Å²) in [5, 5.41) is 0. The number of carbonyl (C=O) groups excluding carboxylic acids is 1. The van der Waals surface area contributed by atoms with Crippen molar-refractivity contribution in [3.05, 3.63) is 0 Å². The number of nitrogens with zero attached hydrogens (tertiary/aromatic N) is 2. The van der Waals surface area contributed by atoms with Gasteiger partial charge in [-0.1, -0.05) is 33.6 Å². The van der Waals surface area contributed by atoms with Gasteiger partial charge in [0.2, 0.25) is 0 Å². The molecule has 0 aromatic carbocycles. The number of piperidine rings is 2. The number of hydrogen-bond donors (Lipinski definition) is 0. The minimum Gasteiger partial charge on any atom is -0.325 e. The van der Waals surface area contributed by atoms with E-state index in [1.807, 2.05) is 0 Å². The van der Waals surface area contributed by atoms with E-state index in [9.17, 15) is 4.79 Å². The Balaban J connectivity index is 1.85. The summed E-state index contributed by atoms with van der Waals surface area (Å²) in [4.78, 5) is 16.7. The SMILES string of the molecule is CCC1(CC)CCN(C(=O)N2CCC(C)CC2)CC1. The van der Waals surface area contributed by atoms with Gasteiger partial charge in [0.25, 0.3) is 0 Å². The van der Waals surface area contributed by atoms with E-state index >= 15 is 0 Å². The topological polar surface area (TPSA) is 23.6 Å². The molecular formula is C16H30N2O. The molecule has 2 aliphatic heterocycles. The molecule has 0 unspecified atom stereocenters. The van der Waals surface area contributed by atoms with Crippen molar-refractivity contribution in [1.29, 1.82) is 0 Å². The van der Waals surface area contributed by atoms with E-state index in [1.54, 1.807) is 0 Å². The van der Waals surface area contributed by atoms with Gasteiger partial charge in [0.1, 0.15) is 0 Å². The van der Waals surface area contributed by atoms with E-state index in [1.165, 1.54) is 38.5 Å². The van der Waals surface area contributed by atoms with E-state index in [4.69, 9.17) is 0 Å². The van der Waals surface area contributed by atoms with Crippen LogP contribution in [0.15, 0.2) is 0 Å². The Morgan fingerprint density at radius 2 is 1.47 bits per heavy atom. The van der Waals surface area contributed by atoms with Gasteiger partial charge in [-0.25, -0.2) is 4.79 Å². The molecule has 19 heavy (non-hydrogen) atoms. The van der Waals surface area contributed by atoms with Gasteiger partial charge in [-0.3, -0.25) is 0 Å². The molecule has 0 aromatic rings. The maximum Gasteiger partial charge on any atom is 0.319 e. The largest absolute Gasteiger partial charge is 0.325 e. The highest BCUT2D eigenvalue weighted by Crippen LogP contribution is 2.38. The molecule has 0 aromatic heterocycles. The highest BCUT2D eigenvalue weighted by molar-refractivity contribution is 5.74. The summed E-state index contributed by atoms with van der Waals surface area (Å²) in [5.41, 5.74) is 0.507. The zero-order valence-corrected chi connectivity index (χ0v) is 13.0. The van der Waals surface area contributed by atoms with Gasteiger partial charge in [-0.2, -0.15) is 0 Å². The average Bonchev–Trinajstić information content (AvgIpc) is 2.47. The molecule has 2 amide bonds. The molecule has 3 nitrogen and oxygen atoms in total. The second-order valence-electron chi connectivity index (χ2n) is 6.65. The van der Waals surface area contributed by atoms with Crippen molar-refractivity contribution in [2.45, 2.75) is 59.3 Å². The first-order valence-electron chi connectivity index (χ1n) is 8.14. The van der Waals surface area contributed by atoms with Crippen LogP contribution >= 0.6 is 0 Å². The van der Waals surface area contributed by atoms with E-state index in [-0.39, 0.29) is 0 Å². The van der Waals surface area contributed by atoms with Crippen LogP contribution in [0.5, 0.6) is 0 Å². The molecule has 2 fully saturated rings. The Morgan fingerprint density at radius 3 is 1.95 bits per heavy atom. The van der Waals surface area contributed by atoms with Gasteiger partial charge in [-0.15, -0.1) is 0 Å². The van der Waals surface area contributed by atoms with Crippen molar-refractivity contribution in [3.63, 3.8) is 0 Å². The van der Waals surface area contributed by atoms with E-state index < -0.39 is 0 Å². The van der Waals surface area contributed by atoms with E-state index in [2.05, 4.69) is 30.6 Å². The third-order valence-electron chi connectivity index (χ3n) is 5.65. The van der Waals surface area contributed by atoms with Crippen molar-refractivity contribution in [2.24, 2.45) is 11.3 Å². The predicted molar refractivity (Wildman–Crippen MR) is 79.2 cm³/mol. The highest BCUT2D eigenvalue weighted by Gasteiger charge is 2.34. The molecule has 0 aliphatic carbocycles. The van der Waals surface area contributed by atoms with Crippen molar-refractivity contribution in [3.8, 4) is 0 Å². The first-order chi connectivity index (χ1) is 9.10. The molecule has 2 saturated heterocycles. The smallest absolute Gasteiger partial charge is 0.319 e. The minimum absolute atomic E-state index is 0.299. The van der Waals surface area contributed by atoms with Crippen LogP contribution in [0.4, 0.5) is 4.79 Å². The number of carbonyl (C=O) groups is 1. The molecule has 0 saturated carbocycles. The lowest BCUT2D eigenvalue weighted by Gasteiger charge is -2.43. The molecule has 2 rings (SSSR count). The first kappa shape index (κ1) is 14.7. The van der Waals surface area contributed by atoms with E-state index in [0.29, 0.717) is 11.4 Å². The second kappa shape index (κ2) is 6.15. The number of rotatable bonds is 2. The van der Waals surface area contributed by atoms with Crippen molar-refractivity contribution in [1.82, 2.24) is 9.80 Å². The van der Waals surface area contributed by atoms with Crippen molar-refractivity contribution in [2.75, 3.05) is 26.2 Å². The fourth-order valence-corrected chi connectivity index (χ4v) is 3.53. The number of amides is 2. The zero-order chi connectivity index (χ0) is 13.9. The minimum atomic E-state index is 0.299. The quantitative estimate of drug-likeness (QED) is 0.747. The van der Waals surface area contributed by atoms with Gasteiger partial charge in [0.05, 0.1) is 0 Å². The highest BCUT2D eigenvalue weighted by atomic mass is 16.2. The van der Waals surface area contributed by atoms with Gasteiger partial charge in [0.15, 0.2) is 0 Å². The summed E-state index contributed by atoms with van der Waals surface area (Å²) >= 11 is 0. The Hall–Kier alpha value is -0.730. The molecule has 2 aliphatic rings. The normalized spacial score (nSPS) is 24.6. The zero-order valence-electron chi connectivity index (χ0n) is 13.0. The van der Waals surface area contributed by atoms with Gasteiger partial charge < -0.3 is 9.80 Å². The van der Waals surface area contributed by atoms with Crippen molar-refractivity contribution < 1.29 is 4.79 Å². The summed E-state index contributed by atoms with van der Waals surface area (Å²) in [6.07, 6.45) is 7.24. The molecule has 0 spiro atoms. The summed E-state index contributed by atoms with van der Waals surface area (Å²) < 4.78 is 0. The summed E-state index contributed by atoms with van der Waals surface area (Å²) in [5.74, 6) is 0.790. The van der Waals surface area contributed by atoms with Gasteiger partial charge >= 0.3 is 6.03 Å². The van der Waals surface area contributed by atoms with Crippen LogP contribution in [0.3, 0.4) is 0 Å². The average molecular weight is 266 g/mol. The fourth-order valence-electron chi connectivity index (χ4n) is 3.53. The molecule has 0 radical (unpaired) electrons. The van der Waals surface area contributed by atoms with Crippen molar-refractivity contribution >= 4 is 6.03 Å². The van der Waals surface area contributed by atoms with Crippen LogP contribution in [0.2, 0.25) is 0 Å². The monoisotopic (exact) mass is 266 g/mol. The molecule has 2 heterocycles. The third kappa shape index (κ3) is 3.24. The lowest BCUT2D eigenvalue weighted by molar-refractivity contribution is 0.0832. The number of likely N-dealkylation sites (tertiary alicyclic amines) is 2. The second-order valence-corrected chi connectivity index (χ2v) is 6.65. The number of urea groups is 1. The molecule has 110 valence electrons. The number of hydrogen-bond acceptors (Lipinski definition) is 1. The standard InChI is InChI=1S/C16H30N2O/c1-4-16(5-2)8-12-18(13-9-16)15(19)17-10-6-14(3)7-11-17/h14H,4-13H2,1-3H3.